The van der Waals surface area contributed by atoms with Crippen LogP contribution >= 0.6 is 0 Å². The van der Waals surface area contributed by atoms with E-state index >= 15 is 0 Å². The van der Waals surface area contributed by atoms with Crippen molar-refractivity contribution in [2.45, 2.75) is 32.7 Å². The topological polar surface area (TPSA) is 59.0 Å². The highest BCUT2D eigenvalue weighted by molar-refractivity contribution is 5.92. The van der Waals surface area contributed by atoms with Crippen LogP contribution in [0, 0.1) is 5.92 Å². The molecule has 2 heterocycles. The smallest absolute Gasteiger partial charge is 0.294 e. The van der Waals surface area contributed by atoms with Crippen molar-refractivity contribution >= 4 is 16.9 Å². The number of benzene rings is 1. The Morgan fingerprint density at radius 1 is 1.25 bits per heavy atom. The van der Waals surface area contributed by atoms with Crippen molar-refractivity contribution in [2.75, 3.05) is 6.54 Å². The van der Waals surface area contributed by atoms with E-state index in [4.69, 9.17) is 0 Å². The third kappa shape index (κ3) is 2.13. The van der Waals surface area contributed by atoms with Gasteiger partial charge in [0, 0.05) is 12.1 Å². The molecule has 1 saturated heterocycles. The Morgan fingerprint density at radius 3 is 2.60 bits per heavy atom. The summed E-state index contributed by atoms with van der Waals surface area (Å²) in [5.74, 6) is 0.561. The average molecular weight is 270 g/mol. The van der Waals surface area contributed by atoms with Gasteiger partial charge in [-0.15, -0.1) is 10.2 Å². The second-order valence-electron chi connectivity index (χ2n) is 6.16. The molecule has 5 nitrogen and oxygen atoms in total. The maximum absolute atomic E-state index is 12.6. The lowest BCUT2D eigenvalue weighted by atomic mass is 9.97. The van der Waals surface area contributed by atoms with Crippen LogP contribution in [0.3, 0.4) is 0 Å². The molecule has 0 aliphatic carbocycles. The van der Waals surface area contributed by atoms with E-state index in [1.165, 1.54) is 0 Å². The molecular weight excluding hydrogens is 252 g/mol. The van der Waals surface area contributed by atoms with E-state index in [2.05, 4.69) is 36.0 Å². The highest BCUT2D eigenvalue weighted by Gasteiger charge is 2.40. The van der Waals surface area contributed by atoms with Gasteiger partial charge in [0.25, 0.3) is 5.91 Å². The standard InChI is InChI=1S/C15H18N4O/c1-10-8-15(2,3)19(9-10)14(20)13-16-11-6-4-5-7-12(11)17-18-13/h4-7,10H,8-9H2,1-3H3. The number of likely N-dealkylation sites (tertiary alicyclic amines) is 1. The third-order valence-corrected chi connectivity index (χ3v) is 3.87. The minimum atomic E-state index is -0.147. The fourth-order valence-electron chi connectivity index (χ4n) is 3.04. The van der Waals surface area contributed by atoms with Crippen LogP contribution in [0.25, 0.3) is 11.0 Å². The van der Waals surface area contributed by atoms with Gasteiger partial charge >= 0.3 is 0 Å². The molecule has 1 amide bonds. The second kappa shape index (κ2) is 4.51. The van der Waals surface area contributed by atoms with Gasteiger partial charge < -0.3 is 4.90 Å². The summed E-state index contributed by atoms with van der Waals surface area (Å²) >= 11 is 0. The Kier molecular flexibility index (Phi) is 2.92. The van der Waals surface area contributed by atoms with E-state index in [1.807, 2.05) is 29.2 Å². The number of hydrogen-bond donors (Lipinski definition) is 0. The first-order valence-electron chi connectivity index (χ1n) is 6.89. The molecule has 2 aromatic rings. The average Bonchev–Trinajstić information content (AvgIpc) is 2.70. The fourth-order valence-corrected chi connectivity index (χ4v) is 3.04. The molecule has 0 saturated carbocycles. The van der Waals surface area contributed by atoms with Crippen molar-refractivity contribution in [3.63, 3.8) is 0 Å². The van der Waals surface area contributed by atoms with Gasteiger partial charge in [0.2, 0.25) is 5.82 Å². The van der Waals surface area contributed by atoms with E-state index in [-0.39, 0.29) is 17.3 Å². The zero-order valence-electron chi connectivity index (χ0n) is 12.0. The van der Waals surface area contributed by atoms with Gasteiger partial charge in [-0.3, -0.25) is 4.79 Å². The third-order valence-electron chi connectivity index (χ3n) is 3.87. The van der Waals surface area contributed by atoms with Gasteiger partial charge in [0.1, 0.15) is 5.52 Å². The maximum atomic E-state index is 12.6. The van der Waals surface area contributed by atoms with Gasteiger partial charge in [-0.1, -0.05) is 19.1 Å². The van der Waals surface area contributed by atoms with Crippen LogP contribution < -0.4 is 0 Å². The first-order valence-corrected chi connectivity index (χ1v) is 6.89. The second-order valence-corrected chi connectivity index (χ2v) is 6.16. The SMILES string of the molecule is CC1CN(C(=O)c2nnc3ccccc3n2)C(C)(C)C1. The fraction of sp³-hybridized carbons (Fsp3) is 0.467. The predicted molar refractivity (Wildman–Crippen MR) is 76.2 cm³/mol. The summed E-state index contributed by atoms with van der Waals surface area (Å²) in [6, 6.07) is 7.45. The first-order chi connectivity index (χ1) is 9.47. The molecule has 1 unspecified atom stereocenters. The van der Waals surface area contributed by atoms with Crippen molar-refractivity contribution in [3.8, 4) is 0 Å². The van der Waals surface area contributed by atoms with Gasteiger partial charge in [-0.25, -0.2) is 4.98 Å². The summed E-state index contributed by atoms with van der Waals surface area (Å²) < 4.78 is 0. The van der Waals surface area contributed by atoms with Crippen molar-refractivity contribution in [3.05, 3.63) is 30.1 Å². The summed E-state index contributed by atoms with van der Waals surface area (Å²) in [6.07, 6.45) is 1.000. The molecule has 1 fully saturated rings. The molecule has 3 rings (SSSR count). The number of rotatable bonds is 1. The van der Waals surface area contributed by atoms with E-state index in [0.29, 0.717) is 17.0 Å². The minimum Gasteiger partial charge on any atom is -0.330 e. The van der Waals surface area contributed by atoms with Crippen molar-refractivity contribution < 1.29 is 4.79 Å². The Morgan fingerprint density at radius 2 is 1.95 bits per heavy atom. The number of carbonyl (C=O) groups is 1. The molecule has 20 heavy (non-hydrogen) atoms. The lowest BCUT2D eigenvalue weighted by Gasteiger charge is -2.30. The summed E-state index contributed by atoms with van der Waals surface area (Å²) in [5.41, 5.74) is 1.26. The predicted octanol–water partition coefficient (Wildman–Crippen LogP) is 2.29. The molecule has 0 bridgehead atoms. The summed E-state index contributed by atoms with van der Waals surface area (Å²) in [6.45, 7) is 7.09. The quantitative estimate of drug-likeness (QED) is 0.797. The molecule has 1 aromatic carbocycles. The molecule has 0 N–H and O–H groups in total. The molecule has 5 heteroatoms. The number of amides is 1. The largest absolute Gasteiger partial charge is 0.330 e. The lowest BCUT2D eigenvalue weighted by molar-refractivity contribution is 0.0636. The van der Waals surface area contributed by atoms with Crippen molar-refractivity contribution in [1.82, 2.24) is 20.1 Å². The molecule has 1 aromatic heterocycles. The Hall–Kier alpha value is -2.04. The Labute approximate surface area is 118 Å². The van der Waals surface area contributed by atoms with Gasteiger partial charge in [0.05, 0.1) is 5.52 Å². The van der Waals surface area contributed by atoms with Crippen molar-refractivity contribution in [2.24, 2.45) is 5.92 Å². The molecule has 104 valence electrons. The summed E-state index contributed by atoms with van der Waals surface area (Å²) in [5, 5.41) is 8.07. The highest BCUT2D eigenvalue weighted by atomic mass is 16.2. The zero-order chi connectivity index (χ0) is 14.3. The van der Waals surface area contributed by atoms with Crippen LogP contribution in [0.4, 0.5) is 0 Å². The van der Waals surface area contributed by atoms with Crippen molar-refractivity contribution in [1.29, 1.82) is 0 Å². The Bertz CT molecular complexity index is 668. The first kappa shape index (κ1) is 13.0. The number of fused-ring (bicyclic) bond motifs is 1. The lowest BCUT2D eigenvalue weighted by Crippen LogP contribution is -2.43. The number of nitrogens with zero attached hydrogens (tertiary/aromatic N) is 4. The van der Waals surface area contributed by atoms with Gasteiger partial charge in [0.15, 0.2) is 0 Å². The number of carbonyl (C=O) groups excluding carboxylic acids is 1. The number of para-hydroxylation sites is 1. The van der Waals surface area contributed by atoms with E-state index in [1.54, 1.807) is 0 Å². The highest BCUT2D eigenvalue weighted by Crippen LogP contribution is 2.33. The summed E-state index contributed by atoms with van der Waals surface area (Å²) in [4.78, 5) is 18.8. The van der Waals surface area contributed by atoms with Crippen LogP contribution in [0.1, 0.15) is 37.8 Å². The Balaban J connectivity index is 1.96. The molecule has 0 spiro atoms. The molecular formula is C15H18N4O. The molecule has 1 aliphatic heterocycles. The molecule has 1 atom stereocenters. The van der Waals surface area contributed by atoms with E-state index in [0.717, 1.165) is 13.0 Å². The molecule has 1 aliphatic rings. The normalized spacial score (nSPS) is 21.4. The van der Waals surface area contributed by atoms with Crippen LogP contribution in [0.5, 0.6) is 0 Å². The van der Waals surface area contributed by atoms with Crippen LogP contribution in [-0.4, -0.2) is 38.1 Å². The van der Waals surface area contributed by atoms with E-state index in [9.17, 15) is 4.79 Å². The van der Waals surface area contributed by atoms with Gasteiger partial charge in [-0.05, 0) is 38.3 Å². The van der Waals surface area contributed by atoms with Gasteiger partial charge in [-0.2, -0.15) is 0 Å². The molecule has 0 radical (unpaired) electrons. The number of aromatic nitrogens is 3. The van der Waals surface area contributed by atoms with Crippen LogP contribution in [-0.2, 0) is 0 Å². The zero-order valence-corrected chi connectivity index (χ0v) is 12.0. The monoisotopic (exact) mass is 270 g/mol. The minimum absolute atomic E-state index is 0.127. The van der Waals surface area contributed by atoms with Crippen LogP contribution in [0.2, 0.25) is 0 Å². The maximum Gasteiger partial charge on any atom is 0.294 e. The summed E-state index contributed by atoms with van der Waals surface area (Å²) in [7, 11) is 0. The number of hydrogen-bond acceptors (Lipinski definition) is 4. The van der Waals surface area contributed by atoms with Crippen LogP contribution in [0.15, 0.2) is 24.3 Å². The van der Waals surface area contributed by atoms with E-state index < -0.39 is 0 Å².